The summed E-state index contributed by atoms with van der Waals surface area (Å²) < 4.78 is 49.1. The zero-order chi connectivity index (χ0) is 21.9. The monoisotopic (exact) mass is 436 g/mol. The molecule has 0 saturated carbocycles. The van der Waals surface area contributed by atoms with E-state index in [4.69, 9.17) is 21.4 Å². The first-order chi connectivity index (χ1) is 14.2. The van der Waals surface area contributed by atoms with Crippen molar-refractivity contribution in [2.24, 2.45) is 0 Å². The van der Waals surface area contributed by atoms with Crippen LogP contribution in [0.15, 0.2) is 57.7 Å². The Bertz CT molecular complexity index is 1160. The van der Waals surface area contributed by atoms with E-state index in [0.29, 0.717) is 23.0 Å². The molecule has 0 fully saturated rings. The average molecular weight is 436 g/mol. The van der Waals surface area contributed by atoms with Crippen LogP contribution in [0.5, 0.6) is 0 Å². The first kappa shape index (κ1) is 21.3. The van der Waals surface area contributed by atoms with Crippen molar-refractivity contribution in [3.63, 3.8) is 0 Å². The minimum absolute atomic E-state index is 0.146. The van der Waals surface area contributed by atoms with Crippen molar-refractivity contribution in [2.45, 2.75) is 13.1 Å². The van der Waals surface area contributed by atoms with Gasteiger partial charge in [0.1, 0.15) is 5.58 Å². The van der Waals surface area contributed by atoms with E-state index in [1.807, 2.05) is 0 Å². The summed E-state index contributed by atoms with van der Waals surface area (Å²) in [5.41, 5.74) is -1.11. The number of rotatable bonds is 4. The van der Waals surface area contributed by atoms with Crippen molar-refractivity contribution >= 4 is 45.6 Å². The van der Waals surface area contributed by atoms with E-state index in [0.717, 1.165) is 0 Å². The molecular weight excluding hydrogens is 421 g/mol. The Morgan fingerprint density at radius 3 is 2.33 bits per heavy atom. The van der Waals surface area contributed by atoms with Crippen LogP contribution in [0.4, 0.5) is 24.5 Å². The Balaban J connectivity index is 1.75. The van der Waals surface area contributed by atoms with Crippen LogP contribution in [0.3, 0.4) is 0 Å². The smallest absolute Gasteiger partial charge is 0.417 e. The van der Waals surface area contributed by atoms with E-state index in [2.05, 4.69) is 10.6 Å². The van der Waals surface area contributed by atoms with E-state index in [9.17, 15) is 22.8 Å². The van der Waals surface area contributed by atoms with Crippen LogP contribution in [0.1, 0.15) is 22.8 Å². The molecule has 0 amide bonds. The molecule has 1 heterocycles. The second kappa shape index (κ2) is 8.54. The standard InChI is InChI=1S/C20H15F3N2O4S/c1-2-28-18(27)11-3-5-12(6-4-11)24-19(30)25-13-7-8-14-15(20(21,22)23)10-17(26)29-16(14)9-13/h3-10H,2H2,1H3,(H2,24,25,30). The molecule has 0 aliphatic carbocycles. The molecule has 6 nitrogen and oxygen atoms in total. The summed E-state index contributed by atoms with van der Waals surface area (Å²) in [4.78, 5) is 23.1. The van der Waals surface area contributed by atoms with Gasteiger partial charge in [0, 0.05) is 28.9 Å². The Kier molecular flexibility index (Phi) is 6.06. The van der Waals surface area contributed by atoms with Gasteiger partial charge in [-0.3, -0.25) is 0 Å². The van der Waals surface area contributed by atoms with E-state index >= 15 is 0 Å². The number of ether oxygens (including phenoxy) is 1. The van der Waals surface area contributed by atoms with Gasteiger partial charge in [-0.15, -0.1) is 0 Å². The second-order valence-electron chi connectivity index (χ2n) is 6.06. The summed E-state index contributed by atoms with van der Waals surface area (Å²) in [5, 5.41) is 5.59. The summed E-state index contributed by atoms with van der Waals surface area (Å²) in [5.74, 6) is -0.444. The summed E-state index contributed by atoms with van der Waals surface area (Å²) in [6.07, 6.45) is -4.68. The molecule has 0 aliphatic rings. The number of carbonyl (C=O) groups excluding carboxylic acids is 1. The van der Waals surface area contributed by atoms with Crippen molar-refractivity contribution in [3.8, 4) is 0 Å². The van der Waals surface area contributed by atoms with Gasteiger partial charge in [-0.2, -0.15) is 13.2 Å². The molecule has 156 valence electrons. The zero-order valence-corrected chi connectivity index (χ0v) is 16.3. The number of thiocarbonyl (C=S) groups is 1. The van der Waals surface area contributed by atoms with Gasteiger partial charge >= 0.3 is 17.8 Å². The van der Waals surface area contributed by atoms with E-state index in [1.54, 1.807) is 31.2 Å². The highest BCUT2D eigenvalue weighted by Gasteiger charge is 2.33. The van der Waals surface area contributed by atoms with E-state index < -0.39 is 23.3 Å². The molecule has 0 radical (unpaired) electrons. The zero-order valence-electron chi connectivity index (χ0n) is 15.5. The first-order valence-electron chi connectivity index (χ1n) is 8.67. The number of esters is 1. The van der Waals surface area contributed by atoms with Gasteiger partial charge < -0.3 is 19.8 Å². The predicted molar refractivity (Wildman–Crippen MR) is 110 cm³/mol. The summed E-state index contributed by atoms with van der Waals surface area (Å²) in [6, 6.07) is 10.6. The van der Waals surface area contributed by atoms with Crippen molar-refractivity contribution < 1.29 is 27.1 Å². The molecule has 2 aromatic carbocycles. The van der Waals surface area contributed by atoms with Crippen LogP contribution in [-0.4, -0.2) is 17.7 Å². The van der Waals surface area contributed by atoms with Crippen molar-refractivity contribution in [2.75, 3.05) is 17.2 Å². The highest BCUT2D eigenvalue weighted by Crippen LogP contribution is 2.34. The lowest BCUT2D eigenvalue weighted by atomic mass is 10.1. The van der Waals surface area contributed by atoms with Crippen LogP contribution in [-0.2, 0) is 10.9 Å². The molecular formula is C20H15F3N2O4S. The van der Waals surface area contributed by atoms with Crippen LogP contribution >= 0.6 is 12.2 Å². The first-order valence-corrected chi connectivity index (χ1v) is 9.08. The van der Waals surface area contributed by atoms with Crippen molar-refractivity contribution in [1.29, 1.82) is 0 Å². The fourth-order valence-corrected chi connectivity index (χ4v) is 2.91. The number of carbonyl (C=O) groups is 1. The minimum Gasteiger partial charge on any atom is -0.462 e. The van der Waals surface area contributed by atoms with Gasteiger partial charge in [0.2, 0.25) is 0 Å². The van der Waals surface area contributed by atoms with Gasteiger partial charge in [-0.05, 0) is 55.5 Å². The molecule has 2 N–H and O–H groups in total. The van der Waals surface area contributed by atoms with Crippen LogP contribution in [0, 0.1) is 0 Å². The summed E-state index contributed by atoms with van der Waals surface area (Å²) in [7, 11) is 0. The highest BCUT2D eigenvalue weighted by molar-refractivity contribution is 7.80. The number of halogens is 3. The molecule has 0 unspecified atom stereocenters. The molecule has 3 rings (SSSR count). The maximum Gasteiger partial charge on any atom is 0.417 e. The Hall–Kier alpha value is -3.40. The lowest BCUT2D eigenvalue weighted by molar-refractivity contribution is -0.136. The van der Waals surface area contributed by atoms with Crippen molar-refractivity contribution in [3.05, 3.63) is 70.1 Å². The fraction of sp³-hybridized carbons (Fsp3) is 0.150. The minimum atomic E-state index is -4.68. The lowest BCUT2D eigenvalue weighted by Gasteiger charge is -2.13. The SMILES string of the molecule is CCOC(=O)c1ccc(NC(=S)Nc2ccc3c(C(F)(F)F)cc(=O)oc3c2)cc1. The average Bonchev–Trinajstić information content (AvgIpc) is 2.67. The molecule has 0 spiro atoms. The maximum atomic E-state index is 13.1. The number of anilines is 2. The quantitative estimate of drug-likeness (QED) is 0.346. The Morgan fingerprint density at radius 2 is 1.70 bits per heavy atom. The molecule has 30 heavy (non-hydrogen) atoms. The Morgan fingerprint density at radius 1 is 1.07 bits per heavy atom. The Labute approximate surface area is 173 Å². The predicted octanol–water partition coefficient (Wildman–Crippen LogP) is 4.80. The highest BCUT2D eigenvalue weighted by atomic mass is 32.1. The molecule has 3 aromatic rings. The molecule has 1 aromatic heterocycles. The third-order valence-corrected chi connectivity index (χ3v) is 4.17. The van der Waals surface area contributed by atoms with E-state index in [1.165, 1.54) is 18.2 Å². The number of alkyl halides is 3. The van der Waals surface area contributed by atoms with Crippen LogP contribution in [0.2, 0.25) is 0 Å². The molecule has 0 aliphatic heterocycles. The largest absolute Gasteiger partial charge is 0.462 e. The van der Waals surface area contributed by atoms with Gasteiger partial charge in [0.05, 0.1) is 17.7 Å². The molecule has 0 atom stereocenters. The van der Waals surface area contributed by atoms with Gasteiger partial charge in [0.15, 0.2) is 5.11 Å². The summed E-state index contributed by atoms with van der Waals surface area (Å²) >= 11 is 5.19. The van der Waals surface area contributed by atoms with Gasteiger partial charge in [-0.1, -0.05) is 0 Å². The second-order valence-corrected chi connectivity index (χ2v) is 6.47. The number of fused-ring (bicyclic) bond motifs is 1. The van der Waals surface area contributed by atoms with Gasteiger partial charge in [-0.25, -0.2) is 9.59 Å². The molecule has 0 bridgehead atoms. The van der Waals surface area contributed by atoms with Gasteiger partial charge in [0.25, 0.3) is 0 Å². The van der Waals surface area contributed by atoms with E-state index in [-0.39, 0.29) is 22.7 Å². The maximum absolute atomic E-state index is 13.1. The third-order valence-electron chi connectivity index (χ3n) is 3.96. The normalized spacial score (nSPS) is 11.2. The summed E-state index contributed by atoms with van der Waals surface area (Å²) in [6.45, 7) is 1.98. The number of hydrogen-bond acceptors (Lipinski definition) is 5. The van der Waals surface area contributed by atoms with Crippen LogP contribution < -0.4 is 16.3 Å². The lowest BCUT2D eigenvalue weighted by Crippen LogP contribution is -2.19. The topological polar surface area (TPSA) is 80.6 Å². The fourth-order valence-electron chi connectivity index (χ4n) is 2.67. The molecule has 10 heteroatoms. The number of nitrogens with one attached hydrogen (secondary N) is 2. The van der Waals surface area contributed by atoms with Crippen molar-refractivity contribution in [1.82, 2.24) is 0 Å². The molecule has 0 saturated heterocycles. The number of benzene rings is 2. The number of hydrogen-bond donors (Lipinski definition) is 2. The van der Waals surface area contributed by atoms with Crippen LogP contribution in [0.25, 0.3) is 11.0 Å². The third kappa shape index (κ3) is 4.95.